The molecule has 0 radical (unpaired) electrons. The van der Waals surface area contributed by atoms with Gasteiger partial charge >= 0.3 is 5.69 Å². The number of nitrogens with one attached hydrogen (secondary N) is 2. The van der Waals surface area contributed by atoms with Crippen molar-refractivity contribution in [2.45, 2.75) is 19.9 Å². The zero-order chi connectivity index (χ0) is 19.9. The lowest BCUT2D eigenvalue weighted by Gasteiger charge is -2.13. The van der Waals surface area contributed by atoms with Gasteiger partial charge in [-0.25, -0.2) is 15.0 Å². The monoisotopic (exact) mass is 383 g/mol. The highest BCUT2D eigenvalue weighted by molar-refractivity contribution is 5.76. The minimum absolute atomic E-state index is 0.0982. The van der Waals surface area contributed by atoms with Crippen molar-refractivity contribution in [1.29, 1.82) is 0 Å². The number of nitro groups is 1. The van der Waals surface area contributed by atoms with Gasteiger partial charge in [0.25, 0.3) is 0 Å². The Kier molecular flexibility index (Phi) is 6.00. The molecular formula is C18H21N7O3. The number of benzene rings is 1. The van der Waals surface area contributed by atoms with Crippen molar-refractivity contribution in [3.63, 3.8) is 0 Å². The summed E-state index contributed by atoms with van der Waals surface area (Å²) in [4.78, 5) is 23.3. The molecule has 10 nitrogen and oxygen atoms in total. The standard InChI is InChI=1S/C18H21N7O3/c1-13-4-5-15(28-2)14(10-13)23-18-16(25(26)27)17(21-11-22-18)20-6-3-8-24-9-7-19-12-24/h4-5,7,9-12H,3,6,8H2,1-2H3,(H2,20,21,22,23). The van der Waals surface area contributed by atoms with Crippen LogP contribution in [0.25, 0.3) is 0 Å². The fourth-order valence-corrected chi connectivity index (χ4v) is 2.71. The van der Waals surface area contributed by atoms with Crippen molar-refractivity contribution in [2.24, 2.45) is 0 Å². The summed E-state index contributed by atoms with van der Waals surface area (Å²) in [5.74, 6) is 0.828. The maximum Gasteiger partial charge on any atom is 0.353 e. The van der Waals surface area contributed by atoms with Crippen molar-refractivity contribution in [3.8, 4) is 5.75 Å². The van der Waals surface area contributed by atoms with E-state index < -0.39 is 4.92 Å². The van der Waals surface area contributed by atoms with Gasteiger partial charge in [0.15, 0.2) is 0 Å². The molecule has 146 valence electrons. The van der Waals surface area contributed by atoms with Crippen LogP contribution in [0.2, 0.25) is 0 Å². The molecule has 0 amide bonds. The molecule has 2 aromatic heterocycles. The molecule has 0 aliphatic carbocycles. The topological polar surface area (TPSA) is 120 Å². The molecule has 2 N–H and O–H groups in total. The molecule has 0 fully saturated rings. The number of hydrogen-bond acceptors (Lipinski definition) is 8. The number of aryl methyl sites for hydroxylation is 2. The van der Waals surface area contributed by atoms with E-state index in [1.165, 1.54) is 13.4 Å². The molecule has 3 aromatic rings. The van der Waals surface area contributed by atoms with Gasteiger partial charge in [-0.3, -0.25) is 10.1 Å². The molecular weight excluding hydrogens is 362 g/mol. The van der Waals surface area contributed by atoms with Crippen molar-refractivity contribution in [1.82, 2.24) is 19.5 Å². The van der Waals surface area contributed by atoms with Crippen LogP contribution in [0.1, 0.15) is 12.0 Å². The fourth-order valence-electron chi connectivity index (χ4n) is 2.71. The van der Waals surface area contributed by atoms with Gasteiger partial charge in [-0.2, -0.15) is 0 Å². The minimum atomic E-state index is -0.497. The van der Waals surface area contributed by atoms with E-state index >= 15 is 0 Å². The summed E-state index contributed by atoms with van der Waals surface area (Å²) < 4.78 is 7.26. The molecule has 2 heterocycles. The van der Waals surface area contributed by atoms with Crippen LogP contribution in [0.5, 0.6) is 5.75 Å². The Labute approximate surface area is 161 Å². The van der Waals surface area contributed by atoms with Gasteiger partial charge in [-0.15, -0.1) is 0 Å². The number of anilines is 3. The molecule has 0 unspecified atom stereocenters. The lowest BCUT2D eigenvalue weighted by molar-refractivity contribution is -0.383. The summed E-state index contributed by atoms with van der Waals surface area (Å²) in [7, 11) is 1.54. The summed E-state index contributed by atoms with van der Waals surface area (Å²) in [6, 6.07) is 5.52. The van der Waals surface area contributed by atoms with Gasteiger partial charge in [-0.05, 0) is 31.0 Å². The predicted octanol–water partition coefficient (Wildman–Crippen LogP) is 3.14. The average Bonchev–Trinajstić information content (AvgIpc) is 3.19. The molecule has 0 atom stereocenters. The fraction of sp³-hybridized carbons (Fsp3) is 0.278. The third-order valence-corrected chi connectivity index (χ3v) is 4.06. The van der Waals surface area contributed by atoms with E-state index in [2.05, 4.69) is 25.6 Å². The van der Waals surface area contributed by atoms with Gasteiger partial charge in [0, 0.05) is 25.5 Å². The van der Waals surface area contributed by atoms with Crippen LogP contribution in [-0.2, 0) is 6.54 Å². The van der Waals surface area contributed by atoms with E-state index in [0.717, 1.165) is 18.5 Å². The molecule has 0 spiro atoms. The zero-order valence-electron chi connectivity index (χ0n) is 15.6. The first-order valence-corrected chi connectivity index (χ1v) is 8.69. The zero-order valence-corrected chi connectivity index (χ0v) is 15.6. The molecule has 1 aromatic carbocycles. The largest absolute Gasteiger partial charge is 0.495 e. The normalized spacial score (nSPS) is 10.5. The van der Waals surface area contributed by atoms with Crippen molar-refractivity contribution >= 4 is 23.0 Å². The molecule has 0 bridgehead atoms. The number of imidazole rings is 1. The lowest BCUT2D eigenvalue weighted by atomic mass is 10.2. The van der Waals surface area contributed by atoms with E-state index in [4.69, 9.17) is 4.74 Å². The van der Waals surface area contributed by atoms with E-state index in [-0.39, 0.29) is 17.3 Å². The molecule has 0 aliphatic rings. The van der Waals surface area contributed by atoms with Gasteiger partial charge in [0.2, 0.25) is 11.6 Å². The Morgan fingerprint density at radius 3 is 2.82 bits per heavy atom. The second kappa shape index (κ2) is 8.80. The molecule has 10 heteroatoms. The molecule has 3 rings (SSSR count). The predicted molar refractivity (Wildman–Crippen MR) is 105 cm³/mol. The second-order valence-corrected chi connectivity index (χ2v) is 6.09. The summed E-state index contributed by atoms with van der Waals surface area (Å²) in [5, 5.41) is 17.7. The number of nitrogens with zero attached hydrogens (tertiary/aromatic N) is 5. The first-order valence-electron chi connectivity index (χ1n) is 8.69. The number of rotatable bonds is 9. The second-order valence-electron chi connectivity index (χ2n) is 6.09. The van der Waals surface area contributed by atoms with E-state index in [0.29, 0.717) is 18.0 Å². The Balaban J connectivity index is 1.77. The van der Waals surface area contributed by atoms with E-state index in [9.17, 15) is 10.1 Å². The maximum absolute atomic E-state index is 11.7. The lowest BCUT2D eigenvalue weighted by Crippen LogP contribution is -2.11. The first-order chi connectivity index (χ1) is 13.6. The van der Waals surface area contributed by atoms with Gasteiger partial charge in [0.1, 0.15) is 12.1 Å². The summed E-state index contributed by atoms with van der Waals surface area (Å²) in [5.41, 5.74) is 1.36. The first kappa shape index (κ1) is 19.1. The van der Waals surface area contributed by atoms with E-state index in [1.54, 1.807) is 18.6 Å². The summed E-state index contributed by atoms with van der Waals surface area (Å²) >= 11 is 0. The minimum Gasteiger partial charge on any atom is -0.495 e. The highest BCUT2D eigenvalue weighted by Gasteiger charge is 2.23. The van der Waals surface area contributed by atoms with E-state index in [1.807, 2.05) is 29.8 Å². The van der Waals surface area contributed by atoms with Crippen LogP contribution < -0.4 is 15.4 Å². The Bertz CT molecular complexity index is 944. The average molecular weight is 383 g/mol. The maximum atomic E-state index is 11.7. The number of hydrogen-bond donors (Lipinski definition) is 2. The number of ether oxygens (including phenoxy) is 1. The van der Waals surface area contributed by atoms with Gasteiger partial charge in [-0.1, -0.05) is 6.07 Å². The molecule has 28 heavy (non-hydrogen) atoms. The number of methoxy groups -OCH3 is 1. The Morgan fingerprint density at radius 2 is 2.11 bits per heavy atom. The highest BCUT2D eigenvalue weighted by Crippen LogP contribution is 2.34. The van der Waals surface area contributed by atoms with Crippen molar-refractivity contribution in [2.75, 3.05) is 24.3 Å². The van der Waals surface area contributed by atoms with Crippen molar-refractivity contribution < 1.29 is 9.66 Å². The Hall–Kier alpha value is -3.69. The van der Waals surface area contributed by atoms with Crippen LogP contribution in [0.15, 0.2) is 43.2 Å². The van der Waals surface area contributed by atoms with Crippen LogP contribution in [0, 0.1) is 17.0 Å². The summed E-state index contributed by atoms with van der Waals surface area (Å²) in [6.45, 7) is 3.19. The third kappa shape index (κ3) is 4.53. The van der Waals surface area contributed by atoms with Crippen LogP contribution in [0.3, 0.4) is 0 Å². The SMILES string of the molecule is COc1ccc(C)cc1Nc1ncnc(NCCCn2ccnc2)c1[N+](=O)[O-]. The van der Waals surface area contributed by atoms with Crippen LogP contribution in [-0.4, -0.2) is 38.1 Å². The molecule has 0 saturated carbocycles. The Morgan fingerprint density at radius 1 is 1.29 bits per heavy atom. The highest BCUT2D eigenvalue weighted by atomic mass is 16.6. The summed E-state index contributed by atoms with van der Waals surface area (Å²) in [6.07, 6.45) is 7.34. The number of aromatic nitrogens is 4. The smallest absolute Gasteiger partial charge is 0.353 e. The third-order valence-electron chi connectivity index (χ3n) is 4.06. The van der Waals surface area contributed by atoms with Gasteiger partial charge in [0.05, 0.1) is 24.0 Å². The molecule has 0 aliphatic heterocycles. The molecule has 0 saturated heterocycles. The van der Waals surface area contributed by atoms with Crippen LogP contribution in [0.4, 0.5) is 23.0 Å². The van der Waals surface area contributed by atoms with Crippen molar-refractivity contribution in [3.05, 3.63) is 58.9 Å². The quantitative estimate of drug-likeness (QED) is 0.328. The van der Waals surface area contributed by atoms with Gasteiger partial charge < -0.3 is 19.9 Å². The van der Waals surface area contributed by atoms with Crippen LogP contribution >= 0.6 is 0 Å².